The molecular formula is C7H12N4O. The predicted molar refractivity (Wildman–Crippen MR) is 47.0 cm³/mol. The highest BCUT2D eigenvalue weighted by molar-refractivity contribution is 5.46. The fourth-order valence-corrected chi connectivity index (χ4v) is 0.824. The molecule has 0 aliphatic rings. The summed E-state index contributed by atoms with van der Waals surface area (Å²) in [5.74, 6) is 1.79. The molecule has 0 aliphatic carbocycles. The Morgan fingerprint density at radius 1 is 1.25 bits per heavy atom. The average molecular weight is 168 g/mol. The third-order valence-electron chi connectivity index (χ3n) is 1.43. The van der Waals surface area contributed by atoms with Crippen molar-refractivity contribution in [2.75, 3.05) is 24.7 Å². The summed E-state index contributed by atoms with van der Waals surface area (Å²) in [5.41, 5.74) is 0. The SMILES string of the molecule is CNc1cc(NC)nc(CO)n1. The van der Waals surface area contributed by atoms with Gasteiger partial charge in [0, 0.05) is 20.2 Å². The quantitative estimate of drug-likeness (QED) is 0.595. The smallest absolute Gasteiger partial charge is 0.158 e. The van der Waals surface area contributed by atoms with E-state index >= 15 is 0 Å². The number of hydrogen-bond donors (Lipinski definition) is 3. The highest BCUT2D eigenvalue weighted by atomic mass is 16.3. The molecule has 0 saturated carbocycles. The summed E-state index contributed by atoms with van der Waals surface area (Å²) >= 11 is 0. The lowest BCUT2D eigenvalue weighted by Gasteiger charge is -2.04. The van der Waals surface area contributed by atoms with Crippen LogP contribution in [0.25, 0.3) is 0 Å². The maximum atomic E-state index is 8.80. The van der Waals surface area contributed by atoms with Crippen molar-refractivity contribution in [3.63, 3.8) is 0 Å². The molecule has 3 N–H and O–H groups in total. The Hall–Kier alpha value is -1.36. The first-order valence-electron chi connectivity index (χ1n) is 3.64. The van der Waals surface area contributed by atoms with Gasteiger partial charge in [-0.15, -0.1) is 0 Å². The van der Waals surface area contributed by atoms with Gasteiger partial charge in [0.25, 0.3) is 0 Å². The Labute approximate surface area is 70.9 Å². The highest BCUT2D eigenvalue weighted by Gasteiger charge is 2.00. The van der Waals surface area contributed by atoms with E-state index in [9.17, 15) is 0 Å². The van der Waals surface area contributed by atoms with Gasteiger partial charge in [-0.2, -0.15) is 0 Å². The third-order valence-corrected chi connectivity index (χ3v) is 1.43. The summed E-state index contributed by atoms with van der Waals surface area (Å²) in [6.07, 6.45) is 0. The highest BCUT2D eigenvalue weighted by Crippen LogP contribution is 2.09. The molecule has 0 saturated heterocycles. The van der Waals surface area contributed by atoms with Crippen LogP contribution in [0.5, 0.6) is 0 Å². The first-order chi connectivity index (χ1) is 5.80. The van der Waals surface area contributed by atoms with Gasteiger partial charge < -0.3 is 15.7 Å². The minimum atomic E-state index is -0.149. The molecule has 12 heavy (non-hydrogen) atoms. The maximum absolute atomic E-state index is 8.80. The zero-order valence-electron chi connectivity index (χ0n) is 7.13. The van der Waals surface area contributed by atoms with Crippen LogP contribution in [0, 0.1) is 0 Å². The number of hydrogen-bond acceptors (Lipinski definition) is 5. The van der Waals surface area contributed by atoms with E-state index in [0.717, 1.165) is 0 Å². The van der Waals surface area contributed by atoms with Crippen molar-refractivity contribution in [1.29, 1.82) is 0 Å². The van der Waals surface area contributed by atoms with Crippen molar-refractivity contribution in [3.8, 4) is 0 Å². The van der Waals surface area contributed by atoms with E-state index in [4.69, 9.17) is 5.11 Å². The number of rotatable bonds is 3. The Morgan fingerprint density at radius 3 is 2.08 bits per heavy atom. The van der Waals surface area contributed by atoms with Crippen molar-refractivity contribution in [2.24, 2.45) is 0 Å². The molecule has 5 nitrogen and oxygen atoms in total. The Bertz CT molecular complexity index is 208. The molecule has 1 aromatic rings. The number of nitrogens with zero attached hydrogens (tertiary/aromatic N) is 2. The molecule has 0 bridgehead atoms. The summed E-state index contributed by atoms with van der Waals surface area (Å²) in [7, 11) is 3.53. The summed E-state index contributed by atoms with van der Waals surface area (Å²) in [5, 5.41) is 14.5. The second-order valence-electron chi connectivity index (χ2n) is 2.21. The van der Waals surface area contributed by atoms with E-state index in [-0.39, 0.29) is 6.61 Å². The second-order valence-corrected chi connectivity index (χ2v) is 2.21. The monoisotopic (exact) mass is 168 g/mol. The molecule has 0 unspecified atom stereocenters. The molecule has 5 heteroatoms. The summed E-state index contributed by atoms with van der Waals surface area (Å²) < 4.78 is 0. The van der Waals surface area contributed by atoms with Crippen LogP contribution in [0.4, 0.5) is 11.6 Å². The average Bonchev–Trinajstić information content (AvgIpc) is 2.16. The van der Waals surface area contributed by atoms with Gasteiger partial charge in [0.2, 0.25) is 0 Å². The molecule has 0 amide bonds. The van der Waals surface area contributed by atoms with Crippen LogP contribution in [-0.2, 0) is 6.61 Å². The van der Waals surface area contributed by atoms with Crippen molar-refractivity contribution >= 4 is 11.6 Å². The van der Waals surface area contributed by atoms with E-state index in [1.54, 1.807) is 20.2 Å². The molecule has 0 spiro atoms. The molecule has 1 heterocycles. The zero-order valence-corrected chi connectivity index (χ0v) is 7.13. The number of aliphatic hydroxyl groups is 1. The summed E-state index contributed by atoms with van der Waals surface area (Å²) in [4.78, 5) is 8.01. The van der Waals surface area contributed by atoms with E-state index in [1.807, 2.05) is 0 Å². The van der Waals surface area contributed by atoms with Crippen LogP contribution in [0.1, 0.15) is 5.82 Å². The second kappa shape index (κ2) is 3.87. The summed E-state index contributed by atoms with van der Waals surface area (Å²) in [6, 6.07) is 1.76. The maximum Gasteiger partial charge on any atom is 0.158 e. The van der Waals surface area contributed by atoms with Gasteiger partial charge in [0.15, 0.2) is 5.82 Å². The summed E-state index contributed by atoms with van der Waals surface area (Å²) in [6.45, 7) is -0.149. The van der Waals surface area contributed by atoms with Gasteiger partial charge in [-0.1, -0.05) is 0 Å². The Morgan fingerprint density at radius 2 is 1.75 bits per heavy atom. The van der Waals surface area contributed by atoms with Crippen LogP contribution in [-0.4, -0.2) is 29.2 Å². The van der Waals surface area contributed by atoms with Gasteiger partial charge >= 0.3 is 0 Å². The molecule has 0 radical (unpaired) electrons. The van der Waals surface area contributed by atoms with Gasteiger partial charge in [-0.25, -0.2) is 9.97 Å². The van der Waals surface area contributed by atoms with E-state index in [0.29, 0.717) is 17.5 Å². The van der Waals surface area contributed by atoms with Crippen molar-refractivity contribution < 1.29 is 5.11 Å². The minimum Gasteiger partial charge on any atom is -0.388 e. The van der Waals surface area contributed by atoms with Crippen LogP contribution in [0.2, 0.25) is 0 Å². The fourth-order valence-electron chi connectivity index (χ4n) is 0.824. The van der Waals surface area contributed by atoms with E-state index < -0.39 is 0 Å². The van der Waals surface area contributed by atoms with Gasteiger partial charge in [-0.3, -0.25) is 0 Å². The zero-order chi connectivity index (χ0) is 8.97. The number of anilines is 2. The number of aromatic nitrogens is 2. The van der Waals surface area contributed by atoms with Gasteiger partial charge in [0.05, 0.1) is 0 Å². The van der Waals surface area contributed by atoms with Crippen molar-refractivity contribution in [2.45, 2.75) is 6.61 Å². The topological polar surface area (TPSA) is 70.1 Å². The van der Waals surface area contributed by atoms with Crippen LogP contribution in [0.3, 0.4) is 0 Å². The van der Waals surface area contributed by atoms with Gasteiger partial charge in [0.1, 0.15) is 18.2 Å². The van der Waals surface area contributed by atoms with E-state index in [2.05, 4.69) is 20.6 Å². The molecular weight excluding hydrogens is 156 g/mol. The van der Waals surface area contributed by atoms with Gasteiger partial charge in [-0.05, 0) is 0 Å². The minimum absolute atomic E-state index is 0.149. The molecule has 1 aromatic heterocycles. The number of aliphatic hydroxyl groups excluding tert-OH is 1. The lowest BCUT2D eigenvalue weighted by molar-refractivity contribution is 0.271. The largest absolute Gasteiger partial charge is 0.388 e. The van der Waals surface area contributed by atoms with Crippen molar-refractivity contribution in [3.05, 3.63) is 11.9 Å². The molecule has 0 atom stereocenters. The fraction of sp³-hybridized carbons (Fsp3) is 0.429. The van der Waals surface area contributed by atoms with Crippen LogP contribution < -0.4 is 10.6 Å². The normalized spacial score (nSPS) is 9.58. The molecule has 0 aromatic carbocycles. The van der Waals surface area contributed by atoms with Crippen molar-refractivity contribution in [1.82, 2.24) is 9.97 Å². The van der Waals surface area contributed by atoms with Crippen LogP contribution in [0.15, 0.2) is 6.07 Å². The molecule has 66 valence electrons. The standard InChI is InChI=1S/C7H12N4O/c1-8-5-3-6(9-2)11-7(4-12)10-5/h3,12H,4H2,1-2H3,(H2,8,9,10,11). The lowest BCUT2D eigenvalue weighted by Crippen LogP contribution is -2.03. The first-order valence-corrected chi connectivity index (χ1v) is 3.64. The molecule has 1 rings (SSSR count). The Kier molecular flexibility index (Phi) is 2.82. The first kappa shape index (κ1) is 8.73. The molecule has 0 fully saturated rings. The Balaban J connectivity index is 3.01. The van der Waals surface area contributed by atoms with E-state index in [1.165, 1.54) is 0 Å². The third kappa shape index (κ3) is 1.82. The predicted octanol–water partition coefficient (Wildman–Crippen LogP) is 0.0523. The lowest BCUT2D eigenvalue weighted by atomic mass is 10.5. The number of nitrogens with one attached hydrogen (secondary N) is 2. The van der Waals surface area contributed by atoms with Crippen LogP contribution >= 0.6 is 0 Å². The molecule has 0 aliphatic heterocycles.